The van der Waals surface area contributed by atoms with E-state index < -0.39 is 0 Å². The highest BCUT2D eigenvalue weighted by molar-refractivity contribution is 6.01. The summed E-state index contributed by atoms with van der Waals surface area (Å²) in [4.78, 5) is 45.2. The molecule has 0 saturated carbocycles. The fourth-order valence-corrected chi connectivity index (χ4v) is 6.58. The number of likely N-dealkylation sites (tertiary alicyclic amines) is 1. The number of carbonyl (C=O) groups excluding carboxylic acids is 3. The minimum atomic E-state index is -0.347. The molecule has 2 bridgehead atoms. The van der Waals surface area contributed by atoms with Gasteiger partial charge in [-0.05, 0) is 59.4 Å². The second-order valence-corrected chi connectivity index (χ2v) is 11.0. The molecular weight excluding hydrogens is 497 g/mol. The number of halogens is 1. The lowest BCUT2D eigenvalue weighted by atomic mass is 9.91. The van der Waals surface area contributed by atoms with Gasteiger partial charge in [0, 0.05) is 73.9 Å². The quantitative estimate of drug-likeness (QED) is 0.498. The zero-order chi connectivity index (χ0) is 26.7. The van der Waals surface area contributed by atoms with E-state index in [1.807, 2.05) is 18.3 Å². The van der Waals surface area contributed by atoms with Gasteiger partial charge in [-0.3, -0.25) is 29.6 Å². The van der Waals surface area contributed by atoms with E-state index in [2.05, 4.69) is 43.6 Å². The van der Waals surface area contributed by atoms with E-state index in [-0.39, 0.29) is 36.0 Å². The summed E-state index contributed by atoms with van der Waals surface area (Å²) in [6.07, 6.45) is 5.57. The summed E-state index contributed by atoms with van der Waals surface area (Å²) in [5.41, 5.74) is 5.54. The van der Waals surface area contributed by atoms with Gasteiger partial charge in [-0.25, -0.2) is 4.39 Å². The number of piperazine rings is 1. The molecule has 3 atom stereocenters. The van der Waals surface area contributed by atoms with E-state index in [0.29, 0.717) is 41.6 Å². The van der Waals surface area contributed by atoms with E-state index in [4.69, 9.17) is 0 Å². The van der Waals surface area contributed by atoms with Crippen LogP contribution in [0.2, 0.25) is 0 Å². The van der Waals surface area contributed by atoms with Crippen molar-refractivity contribution >= 4 is 23.4 Å². The molecule has 4 aliphatic heterocycles. The van der Waals surface area contributed by atoms with Crippen LogP contribution in [-0.2, 0) is 22.7 Å². The van der Waals surface area contributed by atoms with Gasteiger partial charge in [-0.15, -0.1) is 0 Å². The standard InChI is InChI=1S/C30H28FN5O3/c31-27-9-19(8-25-26(27)13-33-29(25)38)18-1-3-21(4-2-18)36-16-22-10-23(36)15-35(22)14-17-7-20(12-32-11-17)24-5-6-28(37)34-30(24)39/h1-4,7-9,11-12,22-24H,5-6,10,13-16H2,(H,33,38)(H,34,37,39)/t22-,23-,24?/m1/s1. The van der Waals surface area contributed by atoms with E-state index in [1.165, 1.54) is 6.07 Å². The molecule has 3 amide bonds. The van der Waals surface area contributed by atoms with Gasteiger partial charge in [-0.2, -0.15) is 0 Å². The van der Waals surface area contributed by atoms with Crippen molar-refractivity contribution in [2.45, 2.75) is 50.4 Å². The molecule has 9 heteroatoms. The van der Waals surface area contributed by atoms with E-state index in [9.17, 15) is 18.8 Å². The molecular formula is C30H28FN5O3. The molecule has 198 valence electrons. The van der Waals surface area contributed by atoms with Crippen molar-refractivity contribution in [1.82, 2.24) is 20.5 Å². The molecule has 3 aromatic rings. The Morgan fingerprint density at radius 1 is 0.974 bits per heavy atom. The van der Waals surface area contributed by atoms with Crippen LogP contribution >= 0.6 is 0 Å². The highest BCUT2D eigenvalue weighted by Crippen LogP contribution is 2.37. The minimum Gasteiger partial charge on any atom is -0.366 e. The monoisotopic (exact) mass is 525 g/mol. The van der Waals surface area contributed by atoms with Crippen LogP contribution in [0.4, 0.5) is 10.1 Å². The Morgan fingerprint density at radius 3 is 2.59 bits per heavy atom. The van der Waals surface area contributed by atoms with Gasteiger partial charge in [0.2, 0.25) is 11.8 Å². The van der Waals surface area contributed by atoms with Crippen LogP contribution in [0.3, 0.4) is 0 Å². The predicted octanol–water partition coefficient (Wildman–Crippen LogP) is 3.11. The number of hydrogen-bond donors (Lipinski definition) is 2. The number of aromatic nitrogens is 1. The number of imide groups is 1. The maximum atomic E-state index is 14.5. The van der Waals surface area contributed by atoms with Crippen molar-refractivity contribution in [1.29, 1.82) is 0 Å². The number of nitrogens with zero attached hydrogens (tertiary/aromatic N) is 3. The smallest absolute Gasteiger partial charge is 0.252 e. The lowest BCUT2D eigenvalue weighted by Gasteiger charge is -2.35. The predicted molar refractivity (Wildman–Crippen MR) is 142 cm³/mol. The molecule has 2 aromatic carbocycles. The Hall–Kier alpha value is -4.11. The number of rotatable bonds is 5. The molecule has 7 rings (SSSR count). The normalized spacial score (nSPS) is 24.2. The molecule has 0 spiro atoms. The molecule has 1 aromatic heterocycles. The van der Waals surface area contributed by atoms with Gasteiger partial charge >= 0.3 is 0 Å². The average Bonchev–Trinajstić information content (AvgIpc) is 3.64. The second-order valence-electron chi connectivity index (χ2n) is 11.0. The number of fused-ring (bicyclic) bond motifs is 3. The molecule has 0 radical (unpaired) electrons. The third kappa shape index (κ3) is 4.27. The van der Waals surface area contributed by atoms with E-state index in [0.717, 1.165) is 48.4 Å². The number of nitrogens with one attached hydrogen (secondary N) is 2. The van der Waals surface area contributed by atoms with Crippen LogP contribution < -0.4 is 15.5 Å². The zero-order valence-electron chi connectivity index (χ0n) is 21.3. The summed E-state index contributed by atoms with van der Waals surface area (Å²) in [7, 11) is 0. The molecule has 2 N–H and O–H groups in total. The summed E-state index contributed by atoms with van der Waals surface area (Å²) in [5.74, 6) is -1.34. The van der Waals surface area contributed by atoms with Crippen LogP contribution in [0.25, 0.3) is 11.1 Å². The number of hydrogen-bond acceptors (Lipinski definition) is 6. The highest BCUT2D eigenvalue weighted by atomic mass is 19.1. The number of benzene rings is 2. The Morgan fingerprint density at radius 2 is 1.82 bits per heavy atom. The van der Waals surface area contributed by atoms with Crippen LogP contribution in [0.5, 0.6) is 0 Å². The molecule has 0 aliphatic carbocycles. The first-order valence-corrected chi connectivity index (χ1v) is 13.4. The van der Waals surface area contributed by atoms with Gasteiger partial charge in [0.25, 0.3) is 5.91 Å². The van der Waals surface area contributed by atoms with Gasteiger partial charge in [0.15, 0.2) is 0 Å². The Labute approximate surface area is 225 Å². The maximum Gasteiger partial charge on any atom is 0.252 e. The Kier molecular flexibility index (Phi) is 5.70. The number of anilines is 1. The molecule has 5 heterocycles. The first-order valence-electron chi connectivity index (χ1n) is 13.4. The summed E-state index contributed by atoms with van der Waals surface area (Å²) in [6, 6.07) is 14.3. The number of piperidine rings is 1. The third-order valence-corrected chi connectivity index (χ3v) is 8.60. The number of pyridine rings is 1. The summed E-state index contributed by atoms with van der Waals surface area (Å²) in [5, 5.41) is 5.12. The van der Waals surface area contributed by atoms with Crippen molar-refractivity contribution in [3.8, 4) is 11.1 Å². The van der Waals surface area contributed by atoms with Gasteiger partial charge in [0.05, 0.1) is 5.92 Å². The Balaban J connectivity index is 1.02. The Bertz CT molecular complexity index is 1510. The maximum absolute atomic E-state index is 14.5. The molecule has 39 heavy (non-hydrogen) atoms. The van der Waals surface area contributed by atoms with Crippen molar-refractivity contribution in [2.75, 3.05) is 18.0 Å². The summed E-state index contributed by atoms with van der Waals surface area (Å²) in [6.45, 7) is 2.90. The lowest BCUT2D eigenvalue weighted by molar-refractivity contribution is -0.134. The van der Waals surface area contributed by atoms with Crippen molar-refractivity contribution in [3.05, 3.63) is 82.9 Å². The second kappa shape index (κ2) is 9.27. The number of amides is 3. The summed E-state index contributed by atoms with van der Waals surface area (Å²) < 4.78 is 14.5. The van der Waals surface area contributed by atoms with Gasteiger partial charge in [0.1, 0.15) is 5.82 Å². The first kappa shape index (κ1) is 24.0. The largest absolute Gasteiger partial charge is 0.366 e. The fraction of sp³-hybridized carbons (Fsp3) is 0.333. The van der Waals surface area contributed by atoms with Crippen molar-refractivity contribution < 1.29 is 18.8 Å². The molecule has 1 unspecified atom stereocenters. The minimum absolute atomic E-state index is 0.209. The fourth-order valence-electron chi connectivity index (χ4n) is 6.58. The van der Waals surface area contributed by atoms with Crippen LogP contribution in [0.15, 0.2) is 54.9 Å². The average molecular weight is 526 g/mol. The van der Waals surface area contributed by atoms with Crippen LogP contribution in [0.1, 0.15) is 52.2 Å². The molecule has 4 aliphatic rings. The third-order valence-electron chi connectivity index (χ3n) is 8.60. The van der Waals surface area contributed by atoms with Gasteiger partial charge in [-0.1, -0.05) is 18.2 Å². The van der Waals surface area contributed by atoms with Crippen LogP contribution in [0, 0.1) is 5.82 Å². The van der Waals surface area contributed by atoms with Crippen LogP contribution in [-0.4, -0.2) is 52.8 Å². The highest BCUT2D eigenvalue weighted by Gasteiger charge is 2.43. The number of carbonyl (C=O) groups is 3. The SMILES string of the molecule is O=C1CCC(c2cncc(CN3C[C@H]4C[C@@H]3CN4c3ccc(-c4cc(F)c5c(c4)C(=O)NC5)cc3)c2)C(=O)N1. The van der Waals surface area contributed by atoms with Gasteiger partial charge < -0.3 is 10.2 Å². The topological polar surface area (TPSA) is 94.6 Å². The summed E-state index contributed by atoms with van der Waals surface area (Å²) >= 11 is 0. The first-order chi connectivity index (χ1) is 18.9. The molecule has 3 fully saturated rings. The van der Waals surface area contributed by atoms with Crippen molar-refractivity contribution in [3.63, 3.8) is 0 Å². The molecule has 8 nitrogen and oxygen atoms in total. The lowest BCUT2D eigenvalue weighted by Crippen LogP contribution is -2.46. The van der Waals surface area contributed by atoms with E-state index >= 15 is 0 Å². The zero-order valence-corrected chi connectivity index (χ0v) is 21.3. The van der Waals surface area contributed by atoms with Crippen molar-refractivity contribution in [2.24, 2.45) is 0 Å². The molecule has 3 saturated heterocycles. The van der Waals surface area contributed by atoms with E-state index in [1.54, 1.807) is 12.3 Å².